The van der Waals surface area contributed by atoms with Gasteiger partial charge in [0, 0.05) is 5.71 Å². The van der Waals surface area contributed by atoms with Crippen LogP contribution in [0, 0.1) is 5.41 Å². The third-order valence-corrected chi connectivity index (χ3v) is 1.21. The molecule has 0 heterocycles. The molecule has 0 aromatic heterocycles. The van der Waals surface area contributed by atoms with Crippen LogP contribution in [0.1, 0.15) is 27.2 Å². The van der Waals surface area contributed by atoms with Crippen molar-refractivity contribution in [2.75, 3.05) is 0 Å². The average Bonchev–Trinajstić information content (AvgIpc) is 1.69. The first-order chi connectivity index (χ1) is 3.72. The van der Waals surface area contributed by atoms with Crippen LogP contribution in [0.25, 0.3) is 0 Å². The van der Waals surface area contributed by atoms with Crippen molar-refractivity contribution in [1.29, 1.82) is 5.41 Å². The molecule has 46 valence electrons. The highest BCUT2D eigenvalue weighted by Gasteiger charge is 1.90. The summed E-state index contributed by atoms with van der Waals surface area (Å²) in [5.74, 6) is 0. The molecule has 0 amide bonds. The minimum atomic E-state index is 0.690. The SMILES string of the molecule is CC=C(CC)C(C)=N. The van der Waals surface area contributed by atoms with Crippen LogP contribution in [0.2, 0.25) is 0 Å². The maximum absolute atomic E-state index is 7.18. The van der Waals surface area contributed by atoms with Crippen molar-refractivity contribution in [3.8, 4) is 0 Å². The number of allylic oxidation sites excluding steroid dienone is 2. The molecule has 0 aromatic rings. The standard InChI is InChI=1S/C7H13N/c1-4-7(5-2)6(3)8/h4,8H,5H2,1-3H3. The van der Waals surface area contributed by atoms with Gasteiger partial charge in [0.15, 0.2) is 0 Å². The Bertz CT molecular complexity index is 112. The van der Waals surface area contributed by atoms with Gasteiger partial charge in [0.05, 0.1) is 0 Å². The second kappa shape index (κ2) is 3.42. The Kier molecular flexibility index (Phi) is 3.16. The summed E-state index contributed by atoms with van der Waals surface area (Å²) >= 11 is 0. The summed E-state index contributed by atoms with van der Waals surface area (Å²) in [5.41, 5.74) is 1.83. The van der Waals surface area contributed by atoms with Crippen LogP contribution < -0.4 is 0 Å². The highest BCUT2D eigenvalue weighted by Crippen LogP contribution is 1.99. The topological polar surface area (TPSA) is 23.9 Å². The van der Waals surface area contributed by atoms with Crippen molar-refractivity contribution < 1.29 is 0 Å². The molecule has 0 radical (unpaired) electrons. The lowest BCUT2D eigenvalue weighted by molar-refractivity contribution is 1.15. The largest absolute Gasteiger partial charge is 0.305 e. The molecule has 0 aliphatic carbocycles. The predicted molar refractivity (Wildman–Crippen MR) is 37.4 cm³/mol. The van der Waals surface area contributed by atoms with Crippen LogP contribution in [0.3, 0.4) is 0 Å². The van der Waals surface area contributed by atoms with Gasteiger partial charge in [-0.05, 0) is 25.8 Å². The van der Waals surface area contributed by atoms with Crippen molar-refractivity contribution in [2.45, 2.75) is 27.2 Å². The molecule has 8 heavy (non-hydrogen) atoms. The van der Waals surface area contributed by atoms with Crippen LogP contribution in [0.4, 0.5) is 0 Å². The molecule has 0 aromatic carbocycles. The normalized spacial score (nSPS) is 11.6. The Hall–Kier alpha value is -0.590. The van der Waals surface area contributed by atoms with Crippen LogP contribution in [0.15, 0.2) is 11.6 Å². The van der Waals surface area contributed by atoms with Gasteiger partial charge in [-0.1, -0.05) is 13.0 Å². The molecule has 0 bridgehead atoms. The number of hydrogen-bond donors (Lipinski definition) is 1. The lowest BCUT2D eigenvalue weighted by Crippen LogP contribution is -1.91. The van der Waals surface area contributed by atoms with Crippen molar-refractivity contribution in [1.82, 2.24) is 0 Å². The van der Waals surface area contributed by atoms with Crippen molar-refractivity contribution in [3.63, 3.8) is 0 Å². The maximum Gasteiger partial charge on any atom is 0.0311 e. The van der Waals surface area contributed by atoms with E-state index in [9.17, 15) is 0 Å². The minimum absolute atomic E-state index is 0.690. The van der Waals surface area contributed by atoms with Gasteiger partial charge >= 0.3 is 0 Å². The predicted octanol–water partition coefficient (Wildman–Crippen LogP) is 2.38. The van der Waals surface area contributed by atoms with Crippen LogP contribution in [-0.2, 0) is 0 Å². The van der Waals surface area contributed by atoms with Gasteiger partial charge in [-0.15, -0.1) is 0 Å². The van der Waals surface area contributed by atoms with E-state index >= 15 is 0 Å². The highest BCUT2D eigenvalue weighted by molar-refractivity contribution is 5.95. The molecular formula is C7H13N. The zero-order chi connectivity index (χ0) is 6.57. The van der Waals surface area contributed by atoms with E-state index in [2.05, 4.69) is 6.92 Å². The highest BCUT2D eigenvalue weighted by atomic mass is 14.4. The molecule has 0 fully saturated rings. The Morgan fingerprint density at radius 1 is 1.62 bits per heavy atom. The van der Waals surface area contributed by atoms with Gasteiger partial charge in [0.25, 0.3) is 0 Å². The smallest absolute Gasteiger partial charge is 0.0311 e. The van der Waals surface area contributed by atoms with Gasteiger partial charge in [0.2, 0.25) is 0 Å². The molecule has 0 saturated heterocycles. The monoisotopic (exact) mass is 111 g/mol. The molecule has 0 aliphatic heterocycles. The van der Waals surface area contributed by atoms with E-state index in [0.717, 1.165) is 12.0 Å². The zero-order valence-electron chi connectivity index (χ0n) is 5.78. The maximum atomic E-state index is 7.18. The average molecular weight is 111 g/mol. The van der Waals surface area contributed by atoms with Crippen LogP contribution in [-0.4, -0.2) is 5.71 Å². The third kappa shape index (κ3) is 1.92. The van der Waals surface area contributed by atoms with E-state index in [4.69, 9.17) is 5.41 Å². The van der Waals surface area contributed by atoms with E-state index in [1.807, 2.05) is 19.9 Å². The molecule has 1 N–H and O–H groups in total. The molecule has 1 heteroatoms. The summed E-state index contributed by atoms with van der Waals surface area (Å²) in [4.78, 5) is 0. The summed E-state index contributed by atoms with van der Waals surface area (Å²) in [7, 11) is 0. The Morgan fingerprint density at radius 2 is 2.12 bits per heavy atom. The Morgan fingerprint density at radius 3 is 2.12 bits per heavy atom. The van der Waals surface area contributed by atoms with Gasteiger partial charge in [-0.3, -0.25) is 0 Å². The second-order valence-corrected chi connectivity index (χ2v) is 1.79. The van der Waals surface area contributed by atoms with Crippen LogP contribution >= 0.6 is 0 Å². The Balaban J connectivity index is 3.92. The fraction of sp³-hybridized carbons (Fsp3) is 0.571. The van der Waals surface area contributed by atoms with Gasteiger partial charge in [0.1, 0.15) is 0 Å². The first-order valence-corrected chi connectivity index (χ1v) is 2.93. The lowest BCUT2D eigenvalue weighted by Gasteiger charge is -1.96. The fourth-order valence-corrected chi connectivity index (χ4v) is 0.686. The summed E-state index contributed by atoms with van der Waals surface area (Å²) in [6.45, 7) is 5.85. The van der Waals surface area contributed by atoms with E-state index in [-0.39, 0.29) is 0 Å². The zero-order valence-corrected chi connectivity index (χ0v) is 5.78. The first kappa shape index (κ1) is 7.41. The molecule has 1 nitrogen and oxygen atoms in total. The fourth-order valence-electron chi connectivity index (χ4n) is 0.686. The minimum Gasteiger partial charge on any atom is -0.305 e. The van der Waals surface area contributed by atoms with Crippen molar-refractivity contribution in [2.24, 2.45) is 0 Å². The van der Waals surface area contributed by atoms with E-state index < -0.39 is 0 Å². The van der Waals surface area contributed by atoms with Gasteiger partial charge in [-0.2, -0.15) is 0 Å². The van der Waals surface area contributed by atoms with E-state index in [1.54, 1.807) is 0 Å². The Labute approximate surface area is 50.9 Å². The van der Waals surface area contributed by atoms with Gasteiger partial charge in [-0.25, -0.2) is 0 Å². The quantitative estimate of drug-likeness (QED) is 0.529. The number of rotatable bonds is 2. The number of nitrogens with one attached hydrogen (secondary N) is 1. The molecule has 0 rings (SSSR count). The number of hydrogen-bond acceptors (Lipinski definition) is 1. The molecule has 0 saturated carbocycles. The summed E-state index contributed by atoms with van der Waals surface area (Å²) in [5, 5.41) is 7.18. The third-order valence-electron chi connectivity index (χ3n) is 1.21. The second-order valence-electron chi connectivity index (χ2n) is 1.79. The summed E-state index contributed by atoms with van der Waals surface area (Å²) in [6, 6.07) is 0. The molecule has 0 spiro atoms. The molecule has 0 aliphatic rings. The van der Waals surface area contributed by atoms with Crippen molar-refractivity contribution in [3.05, 3.63) is 11.6 Å². The summed E-state index contributed by atoms with van der Waals surface area (Å²) in [6.07, 6.45) is 2.97. The lowest BCUT2D eigenvalue weighted by atomic mass is 10.1. The molecular weight excluding hydrogens is 98.1 g/mol. The summed E-state index contributed by atoms with van der Waals surface area (Å²) < 4.78 is 0. The van der Waals surface area contributed by atoms with Gasteiger partial charge < -0.3 is 5.41 Å². The first-order valence-electron chi connectivity index (χ1n) is 2.93. The van der Waals surface area contributed by atoms with E-state index in [1.165, 1.54) is 0 Å². The van der Waals surface area contributed by atoms with Crippen molar-refractivity contribution >= 4 is 5.71 Å². The molecule has 0 atom stereocenters. The van der Waals surface area contributed by atoms with E-state index in [0.29, 0.717) is 5.71 Å². The van der Waals surface area contributed by atoms with Crippen LogP contribution in [0.5, 0.6) is 0 Å². The molecule has 0 unspecified atom stereocenters.